The number of aliphatic imine (C=N–C) groups is 1. The van der Waals surface area contributed by atoms with E-state index in [0.717, 1.165) is 17.0 Å². The summed E-state index contributed by atoms with van der Waals surface area (Å²) in [5.74, 6) is -1.22. The number of esters is 1. The highest BCUT2D eigenvalue weighted by molar-refractivity contribution is 8.14. The molecule has 0 spiro atoms. The van der Waals surface area contributed by atoms with Crippen LogP contribution in [0.15, 0.2) is 46.8 Å². The number of amides is 1. The number of allylic oxidation sites excluding steroid dienone is 1. The molecule has 0 bridgehead atoms. The van der Waals surface area contributed by atoms with E-state index in [1.54, 1.807) is 0 Å². The molecule has 2 aliphatic heterocycles. The molecule has 0 aliphatic carbocycles. The van der Waals surface area contributed by atoms with Gasteiger partial charge in [0.1, 0.15) is 17.7 Å². The fourth-order valence-corrected chi connectivity index (χ4v) is 3.87. The van der Waals surface area contributed by atoms with E-state index in [-0.39, 0.29) is 29.3 Å². The number of hydrogen-bond acceptors (Lipinski definition) is 6. The molecule has 2 unspecified atom stereocenters. The predicted octanol–water partition coefficient (Wildman–Crippen LogP) is 2.61. The zero-order valence-electron chi connectivity index (χ0n) is 13.4. The minimum absolute atomic E-state index is 0.0798. The van der Waals surface area contributed by atoms with Gasteiger partial charge in [0.05, 0.1) is 5.04 Å². The second-order valence-corrected chi connectivity index (χ2v) is 6.72. The summed E-state index contributed by atoms with van der Waals surface area (Å²) in [7, 11) is 0. The van der Waals surface area contributed by atoms with Gasteiger partial charge in [0.2, 0.25) is 0 Å². The average molecular weight is 346 g/mol. The highest BCUT2D eigenvalue weighted by atomic mass is 32.2. The SMILES string of the molecule is CCC1=NC2C(=O)N(/C(C(=O)OCc3ccccc3)=C(/C)O)C2S1. The van der Waals surface area contributed by atoms with Crippen molar-refractivity contribution in [2.24, 2.45) is 4.99 Å². The summed E-state index contributed by atoms with van der Waals surface area (Å²) in [5.41, 5.74) is 0.734. The molecule has 6 nitrogen and oxygen atoms in total. The molecule has 0 aromatic heterocycles. The number of carbonyl (C=O) groups excluding carboxylic acids is 2. The van der Waals surface area contributed by atoms with Crippen molar-refractivity contribution < 1.29 is 19.4 Å². The van der Waals surface area contributed by atoms with Crippen molar-refractivity contribution in [3.05, 3.63) is 47.4 Å². The van der Waals surface area contributed by atoms with Crippen molar-refractivity contribution in [2.45, 2.75) is 38.3 Å². The summed E-state index contributed by atoms with van der Waals surface area (Å²) < 4.78 is 5.26. The van der Waals surface area contributed by atoms with Crippen LogP contribution >= 0.6 is 11.8 Å². The first-order valence-corrected chi connectivity index (χ1v) is 8.58. The summed E-state index contributed by atoms with van der Waals surface area (Å²) in [6, 6.07) is 8.78. The zero-order valence-corrected chi connectivity index (χ0v) is 14.2. The van der Waals surface area contributed by atoms with Crippen LogP contribution in [0.4, 0.5) is 0 Å². The number of aliphatic hydroxyl groups is 1. The van der Waals surface area contributed by atoms with Gasteiger partial charge >= 0.3 is 5.97 Å². The molecule has 2 aliphatic rings. The van der Waals surface area contributed by atoms with E-state index >= 15 is 0 Å². The van der Waals surface area contributed by atoms with Gasteiger partial charge in [0.15, 0.2) is 11.7 Å². The first kappa shape index (κ1) is 16.6. The Kier molecular flexibility index (Phi) is 4.62. The quantitative estimate of drug-likeness (QED) is 0.384. The molecule has 0 saturated carbocycles. The number of hydrogen-bond donors (Lipinski definition) is 1. The van der Waals surface area contributed by atoms with E-state index in [1.165, 1.54) is 23.6 Å². The topological polar surface area (TPSA) is 79.2 Å². The number of benzene rings is 1. The Bertz CT molecular complexity index is 725. The number of ether oxygens (including phenoxy) is 1. The highest BCUT2D eigenvalue weighted by Gasteiger charge is 2.55. The van der Waals surface area contributed by atoms with E-state index < -0.39 is 12.0 Å². The average Bonchev–Trinajstić information content (AvgIpc) is 2.97. The van der Waals surface area contributed by atoms with Crippen LogP contribution in [0.5, 0.6) is 0 Å². The smallest absolute Gasteiger partial charge is 0.358 e. The second kappa shape index (κ2) is 6.68. The van der Waals surface area contributed by atoms with Gasteiger partial charge in [-0.05, 0) is 18.9 Å². The Labute approximate surface area is 144 Å². The van der Waals surface area contributed by atoms with Gasteiger partial charge in [-0.1, -0.05) is 49.0 Å². The minimum atomic E-state index is -0.712. The van der Waals surface area contributed by atoms with Crippen molar-refractivity contribution in [3.63, 3.8) is 0 Å². The van der Waals surface area contributed by atoms with Crippen LogP contribution in [-0.4, -0.2) is 38.3 Å². The number of carbonyl (C=O) groups is 2. The van der Waals surface area contributed by atoms with Crippen molar-refractivity contribution in [2.75, 3.05) is 0 Å². The Hall–Kier alpha value is -2.28. The maximum absolute atomic E-state index is 12.4. The van der Waals surface area contributed by atoms with Crippen LogP contribution in [0.3, 0.4) is 0 Å². The van der Waals surface area contributed by atoms with Crippen molar-refractivity contribution in [1.29, 1.82) is 0 Å². The van der Waals surface area contributed by atoms with Crippen LogP contribution in [0.25, 0.3) is 0 Å². The number of thioether (sulfide) groups is 1. The molecule has 126 valence electrons. The third kappa shape index (κ3) is 2.91. The molecular formula is C17H18N2O4S. The lowest BCUT2D eigenvalue weighted by Crippen LogP contribution is -2.61. The Morgan fingerprint density at radius 2 is 2.08 bits per heavy atom. The minimum Gasteiger partial charge on any atom is -0.510 e. The predicted molar refractivity (Wildman–Crippen MR) is 91.3 cm³/mol. The number of fused-ring (bicyclic) bond motifs is 1. The molecule has 1 N–H and O–H groups in total. The number of β-lactam (4-membered cyclic amide) rings is 1. The van der Waals surface area contributed by atoms with E-state index in [1.807, 2.05) is 37.3 Å². The summed E-state index contributed by atoms with van der Waals surface area (Å²) in [6.45, 7) is 3.42. The van der Waals surface area contributed by atoms with Gasteiger partial charge in [0.25, 0.3) is 5.91 Å². The van der Waals surface area contributed by atoms with Crippen LogP contribution in [0.1, 0.15) is 25.8 Å². The van der Waals surface area contributed by atoms with Crippen molar-refractivity contribution in [3.8, 4) is 0 Å². The summed E-state index contributed by atoms with van der Waals surface area (Å²) in [6.07, 6.45) is 0.744. The monoisotopic (exact) mass is 346 g/mol. The Morgan fingerprint density at radius 3 is 2.71 bits per heavy atom. The zero-order chi connectivity index (χ0) is 17.3. The van der Waals surface area contributed by atoms with E-state index in [0.29, 0.717) is 0 Å². The van der Waals surface area contributed by atoms with Gasteiger partial charge < -0.3 is 9.84 Å². The standard InChI is InChI=1S/C17H18N2O4S/c1-3-12-18-13-15(21)19(16(13)24-12)14(10(2)20)17(22)23-9-11-7-5-4-6-8-11/h4-8,13,16,20H,3,9H2,1-2H3/b14-10-. The molecule has 7 heteroatoms. The number of likely N-dealkylation sites (tertiary alicyclic amines) is 1. The number of nitrogens with zero attached hydrogens (tertiary/aromatic N) is 2. The highest BCUT2D eigenvalue weighted by Crippen LogP contribution is 2.42. The normalized spacial score (nSPS) is 23.2. The molecule has 24 heavy (non-hydrogen) atoms. The second-order valence-electron chi connectivity index (χ2n) is 5.53. The van der Waals surface area contributed by atoms with Gasteiger partial charge in [-0.25, -0.2) is 4.79 Å². The number of rotatable bonds is 5. The fraction of sp³-hybridized carbons (Fsp3) is 0.353. The first-order valence-electron chi connectivity index (χ1n) is 7.70. The van der Waals surface area contributed by atoms with Crippen LogP contribution < -0.4 is 0 Å². The largest absolute Gasteiger partial charge is 0.510 e. The molecule has 0 radical (unpaired) electrons. The molecule has 2 atom stereocenters. The van der Waals surface area contributed by atoms with E-state index in [2.05, 4.69) is 4.99 Å². The molecule has 1 amide bonds. The van der Waals surface area contributed by atoms with Crippen molar-refractivity contribution in [1.82, 2.24) is 4.90 Å². The summed E-state index contributed by atoms with van der Waals surface area (Å²) in [5, 5.41) is 10.5. The lowest BCUT2D eigenvalue weighted by molar-refractivity contribution is -0.151. The third-order valence-electron chi connectivity index (χ3n) is 3.85. The van der Waals surface area contributed by atoms with Crippen LogP contribution in [-0.2, 0) is 20.9 Å². The Morgan fingerprint density at radius 1 is 1.38 bits per heavy atom. The fourth-order valence-electron chi connectivity index (χ4n) is 2.63. The van der Waals surface area contributed by atoms with Gasteiger partial charge in [0, 0.05) is 0 Å². The first-order chi connectivity index (χ1) is 11.5. The third-order valence-corrected chi connectivity index (χ3v) is 5.22. The number of aliphatic hydroxyl groups excluding tert-OH is 1. The van der Waals surface area contributed by atoms with Crippen LogP contribution in [0, 0.1) is 0 Å². The molecule has 1 aromatic rings. The summed E-state index contributed by atoms with van der Waals surface area (Å²) >= 11 is 1.45. The summed E-state index contributed by atoms with van der Waals surface area (Å²) in [4.78, 5) is 30.3. The molecule has 1 fully saturated rings. The van der Waals surface area contributed by atoms with Gasteiger partial charge in [-0.15, -0.1) is 0 Å². The Balaban J connectivity index is 1.71. The van der Waals surface area contributed by atoms with Crippen LogP contribution in [0.2, 0.25) is 0 Å². The maximum atomic E-state index is 12.4. The lowest BCUT2D eigenvalue weighted by Gasteiger charge is -2.41. The van der Waals surface area contributed by atoms with E-state index in [9.17, 15) is 14.7 Å². The molecule has 2 heterocycles. The molecule has 3 rings (SSSR count). The maximum Gasteiger partial charge on any atom is 0.358 e. The van der Waals surface area contributed by atoms with Gasteiger partial charge in [-0.2, -0.15) is 0 Å². The molecule has 1 saturated heterocycles. The molecule has 1 aromatic carbocycles. The lowest BCUT2D eigenvalue weighted by atomic mass is 10.1. The van der Waals surface area contributed by atoms with E-state index in [4.69, 9.17) is 4.74 Å². The van der Waals surface area contributed by atoms with Crippen molar-refractivity contribution >= 4 is 28.7 Å². The van der Waals surface area contributed by atoms with Gasteiger partial charge in [-0.3, -0.25) is 14.7 Å². The molecular weight excluding hydrogens is 328 g/mol.